The lowest BCUT2D eigenvalue weighted by Gasteiger charge is -2.32. The third-order valence-corrected chi connectivity index (χ3v) is 3.95. The molecule has 1 aromatic carbocycles. The van der Waals surface area contributed by atoms with Crippen molar-refractivity contribution in [2.45, 2.75) is 32.2 Å². The predicted octanol–water partition coefficient (Wildman–Crippen LogP) is 2.14. The molecule has 1 fully saturated rings. The molecule has 1 atom stereocenters. The van der Waals surface area contributed by atoms with E-state index in [4.69, 9.17) is 15.6 Å². The normalized spacial score (nSPS) is 19.8. The van der Waals surface area contributed by atoms with E-state index in [0.717, 1.165) is 18.5 Å². The summed E-state index contributed by atoms with van der Waals surface area (Å²) in [4.78, 5) is 13.4. The summed E-state index contributed by atoms with van der Waals surface area (Å²) in [5.41, 5.74) is 6.92. The molecule has 1 aliphatic rings. The lowest BCUT2D eigenvalue weighted by atomic mass is 10.0. The summed E-state index contributed by atoms with van der Waals surface area (Å²) in [6.07, 6.45) is 3.58. The van der Waals surface area contributed by atoms with Gasteiger partial charge in [0.1, 0.15) is 12.4 Å². The Kier molecular flexibility index (Phi) is 4.49. The van der Waals surface area contributed by atoms with Gasteiger partial charge >= 0.3 is 5.97 Å². The first kappa shape index (κ1) is 14.7. The van der Waals surface area contributed by atoms with Crippen LogP contribution in [0.25, 0.3) is 0 Å². The number of carboxylic acid groups (broad SMARTS) is 1. The Hall–Kier alpha value is -1.75. The van der Waals surface area contributed by atoms with Crippen molar-refractivity contribution in [3.8, 4) is 5.75 Å². The number of aryl methyl sites for hydroxylation is 1. The van der Waals surface area contributed by atoms with Crippen molar-refractivity contribution < 1.29 is 14.6 Å². The number of anilines is 1. The van der Waals surface area contributed by atoms with E-state index < -0.39 is 5.97 Å². The van der Waals surface area contributed by atoms with Crippen molar-refractivity contribution in [3.05, 3.63) is 23.3 Å². The molecular weight excluding hydrogens is 256 g/mol. The number of nitrogens with two attached hydrogens (primary N) is 1. The molecule has 0 radical (unpaired) electrons. The van der Waals surface area contributed by atoms with Gasteiger partial charge in [0.15, 0.2) is 0 Å². The van der Waals surface area contributed by atoms with Crippen LogP contribution in [-0.2, 0) is 0 Å². The summed E-state index contributed by atoms with van der Waals surface area (Å²) in [5.74, 6) is -0.445. The number of nitrogen functional groups attached to an aromatic ring is 1. The summed E-state index contributed by atoms with van der Waals surface area (Å²) in [5, 5.41) is 9.13. The second kappa shape index (κ2) is 6.13. The minimum atomic E-state index is -1.02. The van der Waals surface area contributed by atoms with Crippen molar-refractivity contribution in [3.63, 3.8) is 0 Å². The maximum Gasteiger partial charge on any atom is 0.337 e. The largest absolute Gasteiger partial charge is 0.492 e. The van der Waals surface area contributed by atoms with Gasteiger partial charge in [-0.3, -0.25) is 0 Å². The molecule has 0 bridgehead atoms. The van der Waals surface area contributed by atoms with Crippen LogP contribution in [0.15, 0.2) is 12.1 Å². The van der Waals surface area contributed by atoms with E-state index in [1.165, 1.54) is 18.9 Å². The number of likely N-dealkylation sites (tertiary alicyclic amines) is 1. The van der Waals surface area contributed by atoms with E-state index in [2.05, 4.69) is 11.9 Å². The van der Waals surface area contributed by atoms with Crippen LogP contribution < -0.4 is 10.5 Å². The highest BCUT2D eigenvalue weighted by Crippen LogP contribution is 2.25. The Morgan fingerprint density at radius 2 is 2.25 bits per heavy atom. The first-order chi connectivity index (χ1) is 9.49. The van der Waals surface area contributed by atoms with Crippen molar-refractivity contribution in [2.24, 2.45) is 0 Å². The molecule has 110 valence electrons. The smallest absolute Gasteiger partial charge is 0.337 e. The molecule has 1 saturated heterocycles. The number of hydrogen-bond acceptors (Lipinski definition) is 4. The summed E-state index contributed by atoms with van der Waals surface area (Å²) in [6, 6.07) is 3.70. The van der Waals surface area contributed by atoms with Crippen LogP contribution in [0.4, 0.5) is 5.69 Å². The van der Waals surface area contributed by atoms with Gasteiger partial charge in [-0.1, -0.05) is 6.42 Å². The molecule has 0 aliphatic carbocycles. The average molecular weight is 278 g/mol. The standard InChI is InChI=1S/C15H22N2O3/c1-10-7-12(8-13(14(10)16)15(18)19)20-9-11-5-3-4-6-17(11)2/h7-8,11H,3-6,9,16H2,1-2H3,(H,18,19). The number of likely N-dealkylation sites (N-methyl/N-ethyl adjacent to an activating group) is 1. The van der Waals surface area contributed by atoms with Gasteiger partial charge in [-0.15, -0.1) is 0 Å². The van der Waals surface area contributed by atoms with Crippen molar-refractivity contribution in [1.82, 2.24) is 4.90 Å². The molecule has 1 heterocycles. The molecule has 2 rings (SSSR count). The maximum absolute atomic E-state index is 11.1. The van der Waals surface area contributed by atoms with E-state index in [0.29, 0.717) is 24.1 Å². The third kappa shape index (κ3) is 3.22. The minimum Gasteiger partial charge on any atom is -0.492 e. The van der Waals surface area contributed by atoms with Crippen LogP contribution in [0.1, 0.15) is 35.2 Å². The Balaban J connectivity index is 2.07. The number of ether oxygens (including phenoxy) is 1. The zero-order valence-corrected chi connectivity index (χ0v) is 12.1. The molecule has 20 heavy (non-hydrogen) atoms. The lowest BCUT2D eigenvalue weighted by Crippen LogP contribution is -2.40. The van der Waals surface area contributed by atoms with Crippen LogP contribution in [-0.4, -0.2) is 42.2 Å². The van der Waals surface area contributed by atoms with E-state index in [9.17, 15) is 4.79 Å². The Morgan fingerprint density at radius 1 is 1.50 bits per heavy atom. The molecule has 0 amide bonds. The minimum absolute atomic E-state index is 0.108. The van der Waals surface area contributed by atoms with E-state index in [-0.39, 0.29) is 5.56 Å². The SMILES string of the molecule is Cc1cc(OCC2CCCCN2C)cc(C(=O)O)c1N. The van der Waals surface area contributed by atoms with Gasteiger partial charge in [0.2, 0.25) is 0 Å². The Bertz CT molecular complexity index is 502. The van der Waals surface area contributed by atoms with Crippen LogP contribution in [0.5, 0.6) is 5.75 Å². The summed E-state index contributed by atoms with van der Waals surface area (Å²) in [6.45, 7) is 3.47. The molecule has 3 N–H and O–H groups in total. The summed E-state index contributed by atoms with van der Waals surface area (Å²) in [7, 11) is 2.10. The highest BCUT2D eigenvalue weighted by molar-refractivity contribution is 5.95. The molecule has 0 aromatic heterocycles. The van der Waals surface area contributed by atoms with Gasteiger partial charge in [0, 0.05) is 11.7 Å². The van der Waals surface area contributed by atoms with Gasteiger partial charge < -0.3 is 20.5 Å². The van der Waals surface area contributed by atoms with Gasteiger partial charge in [-0.2, -0.15) is 0 Å². The summed E-state index contributed by atoms with van der Waals surface area (Å²) < 4.78 is 5.78. The van der Waals surface area contributed by atoms with E-state index in [1.807, 2.05) is 0 Å². The van der Waals surface area contributed by atoms with Crippen LogP contribution in [0, 0.1) is 6.92 Å². The van der Waals surface area contributed by atoms with Crippen molar-refractivity contribution in [1.29, 1.82) is 0 Å². The molecular formula is C15H22N2O3. The van der Waals surface area contributed by atoms with Gasteiger partial charge in [0.05, 0.1) is 5.56 Å². The molecule has 5 nitrogen and oxygen atoms in total. The number of benzene rings is 1. The zero-order valence-electron chi connectivity index (χ0n) is 12.1. The monoisotopic (exact) mass is 278 g/mol. The number of carboxylic acids is 1. The number of aromatic carboxylic acids is 1. The molecule has 0 saturated carbocycles. The van der Waals surface area contributed by atoms with Crippen LogP contribution in [0.2, 0.25) is 0 Å². The number of carbonyl (C=O) groups is 1. The fourth-order valence-electron chi connectivity index (χ4n) is 2.57. The van der Waals surface area contributed by atoms with E-state index >= 15 is 0 Å². The van der Waals surface area contributed by atoms with Crippen molar-refractivity contribution in [2.75, 3.05) is 25.9 Å². The van der Waals surface area contributed by atoms with Crippen LogP contribution in [0.3, 0.4) is 0 Å². The first-order valence-electron chi connectivity index (χ1n) is 6.95. The topological polar surface area (TPSA) is 75.8 Å². The van der Waals surface area contributed by atoms with Gasteiger partial charge in [0.25, 0.3) is 0 Å². The summed E-state index contributed by atoms with van der Waals surface area (Å²) >= 11 is 0. The quantitative estimate of drug-likeness (QED) is 0.825. The number of rotatable bonds is 4. The fraction of sp³-hybridized carbons (Fsp3) is 0.533. The molecule has 1 aromatic rings. The second-order valence-corrected chi connectivity index (χ2v) is 5.45. The Labute approximate surface area is 119 Å². The second-order valence-electron chi connectivity index (χ2n) is 5.45. The molecule has 5 heteroatoms. The first-order valence-corrected chi connectivity index (χ1v) is 6.95. The lowest BCUT2D eigenvalue weighted by molar-refractivity contribution is 0.0697. The number of piperidine rings is 1. The number of nitrogens with zero attached hydrogens (tertiary/aromatic N) is 1. The molecule has 0 spiro atoms. The highest BCUT2D eigenvalue weighted by Gasteiger charge is 2.20. The fourth-order valence-corrected chi connectivity index (χ4v) is 2.57. The third-order valence-electron chi connectivity index (χ3n) is 3.95. The highest BCUT2D eigenvalue weighted by atomic mass is 16.5. The molecule has 1 aliphatic heterocycles. The maximum atomic E-state index is 11.1. The average Bonchev–Trinajstić information content (AvgIpc) is 2.41. The predicted molar refractivity (Wildman–Crippen MR) is 78.3 cm³/mol. The van der Waals surface area contributed by atoms with E-state index in [1.54, 1.807) is 13.0 Å². The van der Waals surface area contributed by atoms with Gasteiger partial charge in [-0.05, 0) is 51.1 Å². The van der Waals surface area contributed by atoms with Gasteiger partial charge in [-0.25, -0.2) is 4.79 Å². The van der Waals surface area contributed by atoms with Crippen LogP contribution >= 0.6 is 0 Å². The Morgan fingerprint density at radius 3 is 2.90 bits per heavy atom. The zero-order chi connectivity index (χ0) is 14.7. The molecule has 1 unspecified atom stereocenters. The number of hydrogen-bond donors (Lipinski definition) is 2. The van der Waals surface area contributed by atoms with Crippen molar-refractivity contribution >= 4 is 11.7 Å².